The molecule has 0 heterocycles. The molecule has 0 radical (unpaired) electrons. The quantitative estimate of drug-likeness (QED) is 0.347. The van der Waals surface area contributed by atoms with Gasteiger partial charge in [-0.3, -0.25) is 4.79 Å². The number of hydrogen-bond acceptors (Lipinski definition) is 4. The Balaban J connectivity index is 2.45. The van der Waals surface area contributed by atoms with Crippen LogP contribution in [0, 0.1) is 11.8 Å². The van der Waals surface area contributed by atoms with Gasteiger partial charge in [0.05, 0.1) is 11.7 Å². The van der Waals surface area contributed by atoms with Crippen molar-refractivity contribution in [3.8, 4) is 0 Å². The van der Waals surface area contributed by atoms with E-state index in [-0.39, 0.29) is 30.6 Å². The van der Waals surface area contributed by atoms with Gasteiger partial charge in [0.1, 0.15) is 5.78 Å². The van der Waals surface area contributed by atoms with Gasteiger partial charge >= 0.3 is 0 Å². The van der Waals surface area contributed by atoms with Crippen molar-refractivity contribution in [2.24, 2.45) is 11.8 Å². The van der Waals surface area contributed by atoms with Gasteiger partial charge < -0.3 is 15.3 Å². The summed E-state index contributed by atoms with van der Waals surface area (Å²) in [5, 5.41) is 29.3. The Bertz CT molecular complexity index is 403. The van der Waals surface area contributed by atoms with Crippen molar-refractivity contribution in [3.05, 3.63) is 12.2 Å². The number of ketones is 1. The minimum Gasteiger partial charge on any atom is -0.396 e. The van der Waals surface area contributed by atoms with E-state index in [2.05, 4.69) is 6.92 Å². The van der Waals surface area contributed by atoms with Crippen molar-refractivity contribution in [2.45, 2.75) is 96.2 Å². The average Bonchev–Trinajstić information content (AvgIpc) is 2.82. The van der Waals surface area contributed by atoms with Gasteiger partial charge in [-0.15, -0.1) is 0 Å². The molecule has 1 saturated carbocycles. The van der Waals surface area contributed by atoms with Gasteiger partial charge in [-0.2, -0.15) is 0 Å². The minimum atomic E-state index is -0.706. The van der Waals surface area contributed by atoms with Crippen LogP contribution in [0.3, 0.4) is 0 Å². The van der Waals surface area contributed by atoms with Crippen molar-refractivity contribution < 1.29 is 20.1 Å². The number of Topliss-reactive ketones (excluding diaryl/α,β-unsaturated/α-hetero) is 1. The zero-order valence-electron chi connectivity index (χ0n) is 16.1. The van der Waals surface area contributed by atoms with Crippen molar-refractivity contribution in [3.63, 3.8) is 0 Å². The molecule has 1 fully saturated rings. The van der Waals surface area contributed by atoms with Crippen LogP contribution in [-0.4, -0.2) is 39.4 Å². The Labute approximate surface area is 153 Å². The van der Waals surface area contributed by atoms with Crippen LogP contribution in [0.1, 0.15) is 84.5 Å². The molecule has 1 unspecified atom stereocenters. The molecule has 0 saturated heterocycles. The third kappa shape index (κ3) is 8.48. The summed E-state index contributed by atoms with van der Waals surface area (Å²) in [7, 11) is 0. The van der Waals surface area contributed by atoms with E-state index in [0.29, 0.717) is 6.42 Å². The summed E-state index contributed by atoms with van der Waals surface area (Å²) in [6, 6.07) is 0. The Morgan fingerprint density at radius 2 is 1.84 bits per heavy atom. The summed E-state index contributed by atoms with van der Waals surface area (Å²) < 4.78 is 0. The van der Waals surface area contributed by atoms with Crippen molar-refractivity contribution in [2.75, 3.05) is 6.61 Å². The molecule has 1 rings (SSSR count). The lowest BCUT2D eigenvalue weighted by Gasteiger charge is -2.22. The molecule has 1 aliphatic rings. The first-order valence-corrected chi connectivity index (χ1v) is 10.1. The lowest BCUT2D eigenvalue weighted by atomic mass is 9.87. The van der Waals surface area contributed by atoms with E-state index in [9.17, 15) is 15.0 Å². The highest BCUT2D eigenvalue weighted by molar-refractivity contribution is 5.84. The van der Waals surface area contributed by atoms with E-state index >= 15 is 0 Å². The maximum Gasteiger partial charge on any atom is 0.139 e. The number of hydrogen-bond donors (Lipinski definition) is 3. The van der Waals surface area contributed by atoms with E-state index < -0.39 is 11.7 Å². The summed E-state index contributed by atoms with van der Waals surface area (Å²) in [5.41, 5.74) is -0.706. The first kappa shape index (κ1) is 22.3. The van der Waals surface area contributed by atoms with Gasteiger partial charge in [-0.05, 0) is 32.6 Å². The lowest BCUT2D eigenvalue weighted by molar-refractivity contribution is -0.121. The number of rotatable bonds is 13. The summed E-state index contributed by atoms with van der Waals surface area (Å²) in [5.74, 6) is -0.00755. The van der Waals surface area contributed by atoms with Gasteiger partial charge in [0, 0.05) is 24.9 Å². The van der Waals surface area contributed by atoms with Crippen LogP contribution in [0.2, 0.25) is 0 Å². The normalized spacial score (nSPS) is 26.4. The average molecular weight is 355 g/mol. The first-order chi connectivity index (χ1) is 11.9. The van der Waals surface area contributed by atoms with Crippen molar-refractivity contribution >= 4 is 5.78 Å². The number of carbonyl (C=O) groups excluding carboxylic acids is 1. The molecule has 4 atom stereocenters. The predicted octanol–water partition coefficient (Wildman–Crippen LogP) is 3.77. The Morgan fingerprint density at radius 1 is 1.16 bits per heavy atom. The van der Waals surface area contributed by atoms with Gasteiger partial charge in [-0.1, -0.05) is 57.6 Å². The zero-order chi connectivity index (χ0) is 18.7. The van der Waals surface area contributed by atoms with Crippen molar-refractivity contribution in [1.29, 1.82) is 0 Å². The second-order valence-corrected chi connectivity index (χ2v) is 7.93. The fourth-order valence-corrected chi connectivity index (χ4v) is 3.74. The maximum atomic E-state index is 12.2. The Hall–Kier alpha value is -0.710. The van der Waals surface area contributed by atoms with Crippen LogP contribution in [0.5, 0.6) is 0 Å². The SMILES string of the molecule is CCCCC(C)(O)C/C=C/[C@H]1[C@H](O)CC(=O)[C@H]1CCCCCCCO. The third-order valence-electron chi connectivity index (χ3n) is 5.39. The van der Waals surface area contributed by atoms with E-state index in [0.717, 1.165) is 57.8 Å². The molecule has 4 heteroatoms. The number of unbranched alkanes of at least 4 members (excludes halogenated alkanes) is 5. The third-order valence-corrected chi connectivity index (χ3v) is 5.39. The van der Waals surface area contributed by atoms with E-state index in [1.165, 1.54) is 0 Å². The number of aliphatic hydroxyl groups excluding tert-OH is 2. The summed E-state index contributed by atoms with van der Waals surface area (Å²) in [6.07, 6.45) is 12.9. The van der Waals surface area contributed by atoms with Gasteiger partial charge in [0.25, 0.3) is 0 Å². The van der Waals surface area contributed by atoms with E-state index in [1.54, 1.807) is 0 Å². The topological polar surface area (TPSA) is 77.8 Å². The highest BCUT2D eigenvalue weighted by atomic mass is 16.3. The molecule has 0 aromatic heterocycles. The fourth-order valence-electron chi connectivity index (χ4n) is 3.74. The molecule has 3 N–H and O–H groups in total. The van der Waals surface area contributed by atoms with Gasteiger partial charge in [-0.25, -0.2) is 0 Å². The first-order valence-electron chi connectivity index (χ1n) is 10.1. The van der Waals surface area contributed by atoms with Crippen LogP contribution >= 0.6 is 0 Å². The number of carbonyl (C=O) groups is 1. The molecule has 1 aliphatic carbocycles. The Morgan fingerprint density at radius 3 is 2.52 bits per heavy atom. The van der Waals surface area contributed by atoms with Gasteiger partial charge in [0.2, 0.25) is 0 Å². The number of aliphatic hydroxyl groups is 3. The molecule has 0 spiro atoms. The summed E-state index contributed by atoms with van der Waals surface area (Å²) >= 11 is 0. The second kappa shape index (κ2) is 11.8. The largest absolute Gasteiger partial charge is 0.396 e. The van der Waals surface area contributed by atoms with Crippen LogP contribution < -0.4 is 0 Å². The van der Waals surface area contributed by atoms with Crippen LogP contribution in [0.4, 0.5) is 0 Å². The van der Waals surface area contributed by atoms with Crippen LogP contribution in [0.25, 0.3) is 0 Å². The molecule has 25 heavy (non-hydrogen) atoms. The molecule has 146 valence electrons. The molecule has 0 bridgehead atoms. The van der Waals surface area contributed by atoms with Crippen LogP contribution in [-0.2, 0) is 4.79 Å². The molecule has 0 aliphatic heterocycles. The zero-order valence-corrected chi connectivity index (χ0v) is 16.1. The van der Waals surface area contributed by atoms with Crippen LogP contribution in [0.15, 0.2) is 12.2 Å². The molecular formula is C21H38O4. The Kier molecular flexibility index (Phi) is 10.6. The minimum absolute atomic E-state index is 0.0790. The maximum absolute atomic E-state index is 12.2. The smallest absolute Gasteiger partial charge is 0.139 e. The van der Waals surface area contributed by atoms with E-state index in [4.69, 9.17) is 5.11 Å². The highest BCUT2D eigenvalue weighted by Crippen LogP contribution is 2.34. The van der Waals surface area contributed by atoms with Gasteiger partial charge in [0.15, 0.2) is 0 Å². The predicted molar refractivity (Wildman–Crippen MR) is 101 cm³/mol. The molecule has 0 aromatic carbocycles. The lowest BCUT2D eigenvalue weighted by Crippen LogP contribution is -2.23. The molecule has 4 nitrogen and oxygen atoms in total. The molecular weight excluding hydrogens is 316 g/mol. The molecule has 0 amide bonds. The standard InChI is InChI=1S/C21H38O4/c1-3-4-13-21(2,25)14-10-12-18-17(19(23)16-20(18)24)11-8-6-5-7-9-15-22/h10,12,17-18,20,22,24-25H,3-9,11,13-16H2,1-2H3/b12-10+/t17-,18+,20+,21?/m0/s1. The summed E-state index contributed by atoms with van der Waals surface area (Å²) in [6.45, 7) is 4.22. The summed E-state index contributed by atoms with van der Waals surface area (Å²) in [4.78, 5) is 12.2. The monoisotopic (exact) mass is 354 g/mol. The second-order valence-electron chi connectivity index (χ2n) is 7.93. The highest BCUT2D eigenvalue weighted by Gasteiger charge is 2.39. The molecule has 0 aromatic rings. The van der Waals surface area contributed by atoms with Crippen molar-refractivity contribution in [1.82, 2.24) is 0 Å². The van der Waals surface area contributed by atoms with E-state index in [1.807, 2.05) is 19.1 Å². The fraction of sp³-hybridized carbons (Fsp3) is 0.857.